The third kappa shape index (κ3) is 6.36. The largest absolute Gasteiger partial charge is 0.422 e. The number of para-hydroxylation sites is 2. The number of fused-ring (bicyclic) bond motifs is 1. The fraction of sp³-hybridized carbons (Fsp3) is 0.111. The summed E-state index contributed by atoms with van der Waals surface area (Å²) in [6.07, 6.45) is 6.74. The molecule has 0 aliphatic heterocycles. The third-order valence-corrected chi connectivity index (χ3v) is 6.94. The second kappa shape index (κ2) is 12.8. The zero-order valence-electron chi connectivity index (χ0n) is 23.2. The number of carbonyl (C=O) groups is 1. The van der Waals surface area contributed by atoms with Gasteiger partial charge in [0, 0.05) is 47.3 Å². The Labute approximate surface area is 240 Å². The van der Waals surface area contributed by atoms with Gasteiger partial charge in [-0.15, -0.1) is 0 Å². The Kier molecular flexibility index (Phi) is 8.55. The zero-order chi connectivity index (χ0) is 28.6. The Hall–Kier alpha value is -5.16. The molecule has 0 fully saturated rings. The summed E-state index contributed by atoms with van der Waals surface area (Å²) in [7, 11) is 0. The van der Waals surface area contributed by atoms with Crippen LogP contribution in [-0.4, -0.2) is 18.9 Å². The molecule has 0 radical (unpaired) electrons. The average molecular weight is 541 g/mol. The lowest BCUT2D eigenvalue weighted by atomic mass is 10.1. The minimum atomic E-state index is -0.634. The molecule has 0 unspecified atom stereocenters. The Morgan fingerprint density at radius 2 is 1.29 bits per heavy atom. The lowest BCUT2D eigenvalue weighted by Gasteiger charge is -2.25. The molecule has 41 heavy (non-hydrogen) atoms. The van der Waals surface area contributed by atoms with Crippen LogP contribution in [0.15, 0.2) is 137 Å². The first-order chi connectivity index (χ1) is 20.1. The monoisotopic (exact) mass is 540 g/mol. The first-order valence-corrected chi connectivity index (χ1v) is 13.8. The summed E-state index contributed by atoms with van der Waals surface area (Å²) in [4.78, 5) is 29.7. The van der Waals surface area contributed by atoms with Gasteiger partial charge in [0.25, 0.3) is 0 Å². The second-order valence-corrected chi connectivity index (χ2v) is 9.52. The number of rotatable bonds is 10. The molecule has 204 valence electrons. The fourth-order valence-electron chi connectivity index (χ4n) is 4.79. The van der Waals surface area contributed by atoms with Gasteiger partial charge >= 0.3 is 5.63 Å². The maximum atomic E-state index is 12.8. The molecule has 5 rings (SSSR count). The Morgan fingerprint density at radius 3 is 1.90 bits per heavy atom. The van der Waals surface area contributed by atoms with E-state index in [1.165, 1.54) is 6.08 Å². The van der Waals surface area contributed by atoms with E-state index in [9.17, 15) is 9.59 Å². The quantitative estimate of drug-likeness (QED) is 0.0769. The van der Waals surface area contributed by atoms with E-state index in [1.807, 2.05) is 72.8 Å². The molecular weight excluding hydrogens is 508 g/mol. The maximum Gasteiger partial charge on any atom is 0.347 e. The smallest absolute Gasteiger partial charge is 0.347 e. The molecule has 0 bridgehead atoms. The highest BCUT2D eigenvalue weighted by molar-refractivity contribution is 6.06. The van der Waals surface area contributed by atoms with Gasteiger partial charge in [0.1, 0.15) is 11.1 Å². The van der Waals surface area contributed by atoms with Gasteiger partial charge in [-0.1, -0.05) is 66.8 Å². The highest BCUT2D eigenvalue weighted by Gasteiger charge is 2.13. The van der Waals surface area contributed by atoms with E-state index in [-0.39, 0.29) is 5.56 Å². The third-order valence-electron chi connectivity index (χ3n) is 6.94. The molecule has 0 atom stereocenters. The molecule has 0 spiro atoms. The van der Waals surface area contributed by atoms with Gasteiger partial charge < -0.3 is 14.2 Å². The Bertz CT molecular complexity index is 1690. The van der Waals surface area contributed by atoms with E-state index >= 15 is 0 Å². The number of benzene rings is 4. The van der Waals surface area contributed by atoms with Crippen LogP contribution < -0.4 is 15.4 Å². The van der Waals surface area contributed by atoms with Crippen molar-refractivity contribution >= 4 is 45.6 Å². The molecule has 5 heteroatoms. The summed E-state index contributed by atoms with van der Waals surface area (Å²) in [5.41, 5.74) is 5.02. The van der Waals surface area contributed by atoms with E-state index in [0.717, 1.165) is 41.4 Å². The predicted octanol–water partition coefficient (Wildman–Crippen LogP) is 8.56. The summed E-state index contributed by atoms with van der Waals surface area (Å²) in [6.45, 7) is 5.86. The van der Waals surface area contributed by atoms with Crippen LogP contribution in [0, 0.1) is 0 Å². The Balaban J connectivity index is 1.30. The average Bonchev–Trinajstić information content (AvgIpc) is 3.01. The van der Waals surface area contributed by atoms with E-state index < -0.39 is 11.4 Å². The normalized spacial score (nSPS) is 11.4. The van der Waals surface area contributed by atoms with Crippen molar-refractivity contribution in [1.82, 2.24) is 0 Å². The molecule has 0 amide bonds. The first kappa shape index (κ1) is 27.4. The van der Waals surface area contributed by atoms with Crippen LogP contribution in [0.1, 0.15) is 29.8 Å². The summed E-state index contributed by atoms with van der Waals surface area (Å²) >= 11 is 0. The van der Waals surface area contributed by atoms with Crippen LogP contribution in [0.2, 0.25) is 0 Å². The number of hydrogen-bond donors (Lipinski definition) is 0. The van der Waals surface area contributed by atoms with Gasteiger partial charge in [-0.3, -0.25) is 4.79 Å². The standard InChI is InChI=1S/C36H32N2O3/c1-3-37(4-2)32-24-21-28-25-33(36(40)41-35(28)26-32)34(39)18-12-11-13-27-19-22-31(23-20-27)38(29-14-7-5-8-15-29)30-16-9-6-10-17-30/h5-26H,3-4H2,1-2H3. The number of hydrogen-bond acceptors (Lipinski definition) is 5. The van der Waals surface area contributed by atoms with Crippen molar-refractivity contribution in [2.24, 2.45) is 0 Å². The summed E-state index contributed by atoms with van der Waals surface area (Å²) in [6, 6.07) is 36.0. The topological polar surface area (TPSA) is 53.8 Å². The van der Waals surface area contributed by atoms with E-state index in [2.05, 4.69) is 60.0 Å². The summed E-state index contributed by atoms with van der Waals surface area (Å²) in [5, 5.41) is 0.716. The molecule has 0 aliphatic rings. The Morgan fingerprint density at radius 1 is 0.707 bits per heavy atom. The van der Waals surface area contributed by atoms with Crippen molar-refractivity contribution in [3.8, 4) is 0 Å². The van der Waals surface area contributed by atoms with E-state index in [1.54, 1.807) is 18.2 Å². The summed E-state index contributed by atoms with van der Waals surface area (Å²) in [5.74, 6) is -0.394. The van der Waals surface area contributed by atoms with Crippen LogP contribution in [0.25, 0.3) is 17.0 Å². The van der Waals surface area contributed by atoms with Crippen LogP contribution in [0.3, 0.4) is 0 Å². The molecule has 0 saturated carbocycles. The lowest BCUT2D eigenvalue weighted by molar-refractivity contribution is 0.104. The van der Waals surface area contributed by atoms with Crippen molar-refractivity contribution < 1.29 is 9.21 Å². The van der Waals surface area contributed by atoms with Crippen molar-refractivity contribution in [3.05, 3.63) is 149 Å². The number of allylic oxidation sites excluding steroid dienone is 3. The van der Waals surface area contributed by atoms with Crippen LogP contribution in [-0.2, 0) is 0 Å². The van der Waals surface area contributed by atoms with Crippen molar-refractivity contribution in [3.63, 3.8) is 0 Å². The molecular formula is C36H32N2O3. The van der Waals surface area contributed by atoms with Crippen molar-refractivity contribution in [2.45, 2.75) is 13.8 Å². The molecule has 1 aromatic heterocycles. The fourth-order valence-corrected chi connectivity index (χ4v) is 4.79. The highest BCUT2D eigenvalue weighted by Crippen LogP contribution is 2.34. The molecule has 0 aliphatic carbocycles. The van der Waals surface area contributed by atoms with Gasteiger partial charge in [-0.2, -0.15) is 0 Å². The van der Waals surface area contributed by atoms with E-state index in [0.29, 0.717) is 11.0 Å². The van der Waals surface area contributed by atoms with Crippen molar-refractivity contribution in [1.29, 1.82) is 0 Å². The molecule has 5 nitrogen and oxygen atoms in total. The van der Waals surface area contributed by atoms with Gasteiger partial charge in [0.05, 0.1) is 0 Å². The van der Waals surface area contributed by atoms with Gasteiger partial charge in [-0.05, 0) is 80.1 Å². The molecule has 5 aromatic rings. The minimum Gasteiger partial charge on any atom is -0.422 e. The predicted molar refractivity (Wildman–Crippen MR) is 170 cm³/mol. The summed E-state index contributed by atoms with van der Waals surface area (Å²) < 4.78 is 5.50. The second-order valence-electron chi connectivity index (χ2n) is 9.52. The molecule has 1 heterocycles. The minimum absolute atomic E-state index is 0.0176. The maximum absolute atomic E-state index is 12.8. The molecule has 4 aromatic carbocycles. The van der Waals surface area contributed by atoms with Gasteiger partial charge in [0.2, 0.25) is 0 Å². The number of carbonyl (C=O) groups excluding carboxylic acids is 1. The number of nitrogens with zero attached hydrogens (tertiary/aromatic N) is 2. The molecule has 0 N–H and O–H groups in total. The van der Waals surface area contributed by atoms with Crippen LogP contribution >= 0.6 is 0 Å². The van der Waals surface area contributed by atoms with Gasteiger partial charge in [-0.25, -0.2) is 4.79 Å². The SMILES string of the molecule is CCN(CC)c1ccc2cc(C(=O)C=CC=Cc3ccc(N(c4ccccc4)c4ccccc4)cc3)c(=O)oc2c1. The highest BCUT2D eigenvalue weighted by atomic mass is 16.4. The lowest BCUT2D eigenvalue weighted by Crippen LogP contribution is -2.21. The van der Waals surface area contributed by atoms with Gasteiger partial charge in [0.15, 0.2) is 5.78 Å². The zero-order valence-corrected chi connectivity index (χ0v) is 23.2. The first-order valence-electron chi connectivity index (χ1n) is 13.8. The van der Waals surface area contributed by atoms with Crippen molar-refractivity contribution in [2.75, 3.05) is 22.9 Å². The van der Waals surface area contributed by atoms with E-state index in [4.69, 9.17) is 4.42 Å². The molecule has 0 saturated heterocycles. The number of anilines is 4. The van der Waals surface area contributed by atoms with Crippen LogP contribution in [0.5, 0.6) is 0 Å². The number of ketones is 1. The van der Waals surface area contributed by atoms with Crippen LogP contribution in [0.4, 0.5) is 22.7 Å².